The van der Waals surface area contributed by atoms with Crippen molar-refractivity contribution in [1.82, 2.24) is 5.32 Å². The predicted octanol–water partition coefficient (Wildman–Crippen LogP) is 3.00. The molecule has 90 valence electrons. The Labute approximate surface area is 101 Å². The highest BCUT2D eigenvalue weighted by atomic mass is 35.5. The van der Waals surface area contributed by atoms with Crippen LogP contribution in [-0.4, -0.2) is 19.8 Å². The molecular weight excluding hydrogens is 229 g/mol. The summed E-state index contributed by atoms with van der Waals surface area (Å²) in [6, 6.07) is 4.85. The van der Waals surface area contributed by atoms with Crippen molar-refractivity contribution in [3.05, 3.63) is 34.6 Å². The van der Waals surface area contributed by atoms with Crippen LogP contribution in [0.1, 0.15) is 18.9 Å². The van der Waals surface area contributed by atoms with Crippen LogP contribution in [0, 0.1) is 5.82 Å². The molecule has 0 bridgehead atoms. The lowest BCUT2D eigenvalue weighted by Gasteiger charge is -2.05. The quantitative estimate of drug-likeness (QED) is 0.746. The summed E-state index contributed by atoms with van der Waals surface area (Å²) in [5.74, 6) is -0.365. The molecular formula is C12H17ClFNO. The first-order chi connectivity index (χ1) is 7.74. The Balaban J connectivity index is 2.19. The monoisotopic (exact) mass is 245 g/mol. The zero-order chi connectivity index (χ0) is 11.8. The third-order valence-electron chi connectivity index (χ3n) is 2.16. The Morgan fingerprint density at radius 2 is 2.25 bits per heavy atom. The molecule has 0 saturated heterocycles. The predicted molar refractivity (Wildman–Crippen MR) is 64.2 cm³/mol. The van der Waals surface area contributed by atoms with Gasteiger partial charge in [0.2, 0.25) is 0 Å². The standard InChI is InChI=1S/C12H17ClFNO/c1-2-16-7-3-6-15-9-10-4-5-11(13)12(14)8-10/h4-5,8,15H,2-3,6-7,9H2,1H3. The number of ether oxygens (including phenoxy) is 1. The second kappa shape index (κ2) is 7.60. The zero-order valence-corrected chi connectivity index (χ0v) is 10.2. The Hall–Kier alpha value is -0.640. The minimum atomic E-state index is -0.365. The minimum Gasteiger partial charge on any atom is -0.382 e. The van der Waals surface area contributed by atoms with E-state index in [4.69, 9.17) is 16.3 Å². The molecule has 1 aromatic rings. The van der Waals surface area contributed by atoms with Gasteiger partial charge >= 0.3 is 0 Å². The largest absolute Gasteiger partial charge is 0.382 e. The summed E-state index contributed by atoms with van der Waals surface area (Å²) in [6.07, 6.45) is 0.962. The minimum absolute atomic E-state index is 0.167. The molecule has 0 saturated carbocycles. The molecule has 0 fully saturated rings. The number of hydrogen-bond acceptors (Lipinski definition) is 2. The summed E-state index contributed by atoms with van der Waals surface area (Å²) in [5.41, 5.74) is 0.901. The van der Waals surface area contributed by atoms with Crippen molar-refractivity contribution in [2.45, 2.75) is 19.9 Å². The highest BCUT2D eigenvalue weighted by molar-refractivity contribution is 6.30. The molecule has 0 unspecified atom stereocenters. The van der Waals surface area contributed by atoms with Crippen molar-refractivity contribution in [3.8, 4) is 0 Å². The molecule has 2 nitrogen and oxygen atoms in total. The van der Waals surface area contributed by atoms with Crippen LogP contribution in [0.3, 0.4) is 0 Å². The Morgan fingerprint density at radius 3 is 2.94 bits per heavy atom. The number of benzene rings is 1. The van der Waals surface area contributed by atoms with Crippen LogP contribution in [0.2, 0.25) is 5.02 Å². The Bertz CT molecular complexity index is 320. The lowest BCUT2D eigenvalue weighted by molar-refractivity contribution is 0.144. The van der Waals surface area contributed by atoms with Crippen LogP contribution in [0.15, 0.2) is 18.2 Å². The summed E-state index contributed by atoms with van der Waals surface area (Å²) in [5, 5.41) is 3.38. The fraction of sp³-hybridized carbons (Fsp3) is 0.500. The van der Waals surface area contributed by atoms with Crippen molar-refractivity contribution in [3.63, 3.8) is 0 Å². The fourth-order valence-electron chi connectivity index (χ4n) is 1.33. The lowest BCUT2D eigenvalue weighted by Crippen LogP contribution is -2.16. The maximum absolute atomic E-state index is 13.1. The number of nitrogens with one attached hydrogen (secondary N) is 1. The smallest absolute Gasteiger partial charge is 0.142 e. The second-order valence-corrected chi connectivity index (χ2v) is 3.88. The lowest BCUT2D eigenvalue weighted by atomic mass is 10.2. The van der Waals surface area contributed by atoms with E-state index in [2.05, 4.69) is 5.32 Å². The molecule has 0 radical (unpaired) electrons. The number of rotatable bonds is 7. The highest BCUT2D eigenvalue weighted by Gasteiger charge is 2.00. The summed E-state index contributed by atoms with van der Waals surface area (Å²) < 4.78 is 18.3. The van der Waals surface area contributed by atoms with E-state index in [9.17, 15) is 4.39 Å². The highest BCUT2D eigenvalue weighted by Crippen LogP contribution is 2.15. The third-order valence-corrected chi connectivity index (χ3v) is 2.47. The second-order valence-electron chi connectivity index (χ2n) is 3.48. The van der Waals surface area contributed by atoms with Gasteiger partial charge in [-0.25, -0.2) is 4.39 Å². The van der Waals surface area contributed by atoms with E-state index in [1.54, 1.807) is 6.07 Å². The van der Waals surface area contributed by atoms with Crippen LogP contribution in [0.4, 0.5) is 4.39 Å². The molecule has 0 spiro atoms. The summed E-state index contributed by atoms with van der Waals surface area (Å²) in [7, 11) is 0. The summed E-state index contributed by atoms with van der Waals surface area (Å²) in [4.78, 5) is 0. The topological polar surface area (TPSA) is 21.3 Å². The molecule has 0 aromatic heterocycles. The average molecular weight is 246 g/mol. The van der Waals surface area contributed by atoms with Gasteiger partial charge in [-0.3, -0.25) is 0 Å². The van der Waals surface area contributed by atoms with E-state index in [1.165, 1.54) is 6.07 Å². The SMILES string of the molecule is CCOCCCNCc1ccc(Cl)c(F)c1. The molecule has 0 amide bonds. The van der Waals surface area contributed by atoms with E-state index in [-0.39, 0.29) is 10.8 Å². The first kappa shape index (κ1) is 13.4. The molecule has 1 aromatic carbocycles. The van der Waals surface area contributed by atoms with E-state index in [0.717, 1.165) is 31.7 Å². The zero-order valence-electron chi connectivity index (χ0n) is 9.43. The van der Waals surface area contributed by atoms with Crippen LogP contribution in [0.5, 0.6) is 0 Å². The molecule has 0 aliphatic carbocycles. The first-order valence-corrected chi connectivity index (χ1v) is 5.84. The van der Waals surface area contributed by atoms with Gasteiger partial charge in [0.1, 0.15) is 5.82 Å². The van der Waals surface area contributed by atoms with E-state index >= 15 is 0 Å². The number of halogens is 2. The van der Waals surface area contributed by atoms with Gasteiger partial charge in [-0.1, -0.05) is 17.7 Å². The van der Waals surface area contributed by atoms with Gasteiger partial charge in [0.05, 0.1) is 5.02 Å². The summed E-state index contributed by atoms with van der Waals surface area (Å²) in [6.45, 7) is 5.01. The van der Waals surface area contributed by atoms with Crippen molar-refractivity contribution in [1.29, 1.82) is 0 Å². The molecule has 4 heteroatoms. The Kier molecular flexibility index (Phi) is 6.38. The van der Waals surface area contributed by atoms with E-state index < -0.39 is 0 Å². The van der Waals surface area contributed by atoms with Crippen LogP contribution < -0.4 is 5.32 Å². The first-order valence-electron chi connectivity index (χ1n) is 5.46. The molecule has 0 heterocycles. The molecule has 1 rings (SSSR count). The third kappa shape index (κ3) is 4.92. The van der Waals surface area contributed by atoms with Gasteiger partial charge in [0.15, 0.2) is 0 Å². The van der Waals surface area contributed by atoms with Crippen LogP contribution >= 0.6 is 11.6 Å². The van der Waals surface area contributed by atoms with Gasteiger partial charge < -0.3 is 10.1 Å². The molecule has 0 atom stereocenters. The van der Waals surface area contributed by atoms with Crippen molar-refractivity contribution < 1.29 is 9.13 Å². The van der Waals surface area contributed by atoms with Crippen molar-refractivity contribution in [2.75, 3.05) is 19.8 Å². The maximum Gasteiger partial charge on any atom is 0.142 e. The van der Waals surface area contributed by atoms with Crippen LogP contribution in [-0.2, 0) is 11.3 Å². The van der Waals surface area contributed by atoms with Crippen molar-refractivity contribution in [2.24, 2.45) is 0 Å². The van der Waals surface area contributed by atoms with Gasteiger partial charge in [0.25, 0.3) is 0 Å². The summed E-state index contributed by atoms with van der Waals surface area (Å²) >= 11 is 5.59. The van der Waals surface area contributed by atoms with E-state index in [1.807, 2.05) is 13.0 Å². The Morgan fingerprint density at radius 1 is 1.44 bits per heavy atom. The van der Waals surface area contributed by atoms with Gasteiger partial charge in [-0.15, -0.1) is 0 Å². The van der Waals surface area contributed by atoms with Crippen LogP contribution in [0.25, 0.3) is 0 Å². The normalized spacial score (nSPS) is 10.7. The number of hydrogen-bond donors (Lipinski definition) is 1. The van der Waals surface area contributed by atoms with Gasteiger partial charge in [0, 0.05) is 19.8 Å². The fourth-order valence-corrected chi connectivity index (χ4v) is 1.44. The molecule has 0 aliphatic rings. The molecule has 1 N–H and O–H groups in total. The molecule has 16 heavy (non-hydrogen) atoms. The van der Waals surface area contributed by atoms with Crippen molar-refractivity contribution >= 4 is 11.6 Å². The average Bonchev–Trinajstić information content (AvgIpc) is 2.28. The molecule has 0 aliphatic heterocycles. The van der Waals surface area contributed by atoms with E-state index in [0.29, 0.717) is 6.54 Å². The van der Waals surface area contributed by atoms with Gasteiger partial charge in [-0.05, 0) is 37.6 Å². The maximum atomic E-state index is 13.1. The van der Waals surface area contributed by atoms with Gasteiger partial charge in [-0.2, -0.15) is 0 Å².